The molecule has 7 atom stereocenters. The highest BCUT2D eigenvalue weighted by atomic mass is 31.3. The average molecular weight is 493 g/mol. The van der Waals surface area contributed by atoms with Gasteiger partial charge in [0.25, 0.3) is 0 Å². The van der Waals surface area contributed by atoms with Crippen LogP contribution in [0.2, 0.25) is 0 Å². The molecule has 0 spiro atoms. The second-order valence-electron chi connectivity index (χ2n) is 6.21. The topological polar surface area (TPSA) is 256 Å². The van der Waals surface area contributed by atoms with Gasteiger partial charge in [-0.15, -0.1) is 0 Å². The summed E-state index contributed by atoms with van der Waals surface area (Å²) in [4.78, 5) is 49.3. The van der Waals surface area contributed by atoms with Crippen LogP contribution < -0.4 is 5.73 Å². The van der Waals surface area contributed by atoms with Crippen LogP contribution in [-0.2, 0) is 31.6 Å². The summed E-state index contributed by atoms with van der Waals surface area (Å²) in [6.45, 7) is -0.771. The fourth-order valence-electron chi connectivity index (χ4n) is 2.85. The maximum atomic E-state index is 11.8. The Kier molecular flexibility index (Phi) is 6.66. The van der Waals surface area contributed by atoms with Crippen LogP contribution in [-0.4, -0.2) is 85.3 Å². The smallest absolute Gasteiger partial charge is 0.390 e. The summed E-state index contributed by atoms with van der Waals surface area (Å²) >= 11 is 0. The zero-order valence-electron chi connectivity index (χ0n) is 14.8. The van der Waals surface area contributed by atoms with E-state index in [1.807, 2.05) is 0 Å². The third-order valence-corrected chi connectivity index (χ3v) is 7.83. The van der Waals surface area contributed by atoms with Crippen LogP contribution in [0.1, 0.15) is 6.42 Å². The number of rotatable bonds is 8. The van der Waals surface area contributed by atoms with Crippen molar-refractivity contribution in [2.75, 3.05) is 6.61 Å². The zero-order chi connectivity index (χ0) is 22.3. The fraction of sp³-hybridized carbons (Fsp3) is 0.700. The Morgan fingerprint density at radius 1 is 1.17 bits per heavy atom. The number of hydrogen-bond acceptors (Lipinski definition) is 13. The van der Waals surface area contributed by atoms with Crippen molar-refractivity contribution in [1.82, 2.24) is 4.90 Å². The molecule has 0 radical (unpaired) electrons. The summed E-state index contributed by atoms with van der Waals surface area (Å²) < 4.78 is 51.0. The Labute approximate surface area is 168 Å². The number of amidine groups is 1. The van der Waals surface area contributed by atoms with E-state index in [1.165, 1.54) is 12.7 Å². The van der Waals surface area contributed by atoms with Gasteiger partial charge < -0.3 is 40.1 Å². The molecule has 0 aromatic rings. The van der Waals surface area contributed by atoms with Gasteiger partial charge in [-0.25, -0.2) is 23.7 Å². The van der Waals surface area contributed by atoms with Gasteiger partial charge in [0.2, 0.25) is 0 Å². The molecule has 7 N–H and O–H groups in total. The molecular weight excluding hydrogens is 475 g/mol. The van der Waals surface area contributed by atoms with Crippen LogP contribution >= 0.6 is 23.5 Å². The highest BCUT2D eigenvalue weighted by Gasteiger charge is 2.46. The van der Waals surface area contributed by atoms with Crippen molar-refractivity contribution in [3.05, 3.63) is 0 Å². The number of aliphatic hydroxyl groups excluding tert-OH is 1. The number of nitrogens with zero attached hydrogens (tertiary/aromatic N) is 4. The maximum Gasteiger partial charge on any atom is 0.490 e. The molecule has 0 amide bonds. The number of nitrogens with two attached hydrogens (primary N) is 1. The average Bonchev–Trinajstić information content (AvgIpc) is 3.14. The van der Waals surface area contributed by atoms with Crippen LogP contribution in [0.5, 0.6) is 0 Å². The van der Waals surface area contributed by atoms with Crippen molar-refractivity contribution in [3.63, 3.8) is 0 Å². The Morgan fingerprint density at radius 2 is 1.87 bits per heavy atom. The number of fused-ring (bicyclic) bond motifs is 1. The van der Waals surface area contributed by atoms with Gasteiger partial charge in [0.05, 0.1) is 19.0 Å². The van der Waals surface area contributed by atoms with Gasteiger partial charge in [0.1, 0.15) is 30.5 Å². The fourth-order valence-corrected chi connectivity index (χ4v) is 5.88. The monoisotopic (exact) mass is 493 g/mol. The molecule has 1 saturated heterocycles. The first-order valence-electron chi connectivity index (χ1n) is 8.04. The van der Waals surface area contributed by atoms with E-state index < -0.39 is 60.7 Å². The first-order chi connectivity index (χ1) is 13.8. The molecule has 4 unspecified atom stereocenters. The van der Waals surface area contributed by atoms with Crippen LogP contribution in [0.4, 0.5) is 0 Å². The lowest BCUT2D eigenvalue weighted by Gasteiger charge is -2.30. The van der Waals surface area contributed by atoms with Crippen molar-refractivity contribution >= 4 is 42.0 Å². The van der Waals surface area contributed by atoms with E-state index in [0.29, 0.717) is 0 Å². The Morgan fingerprint density at radius 3 is 2.53 bits per heavy atom. The second-order valence-corrected chi connectivity index (χ2v) is 10.6. The number of phosphoric acid groups is 3. The van der Waals surface area contributed by atoms with E-state index in [1.54, 1.807) is 4.90 Å². The lowest BCUT2D eigenvalue weighted by molar-refractivity contribution is -0.0618. The maximum absolute atomic E-state index is 11.8. The van der Waals surface area contributed by atoms with Crippen molar-refractivity contribution < 1.29 is 56.3 Å². The molecule has 0 aromatic heterocycles. The van der Waals surface area contributed by atoms with Gasteiger partial charge >= 0.3 is 23.5 Å². The molecule has 0 saturated carbocycles. The van der Waals surface area contributed by atoms with Crippen molar-refractivity contribution in [1.29, 1.82) is 0 Å². The highest BCUT2D eigenvalue weighted by Crippen LogP contribution is 2.66. The molecule has 17 nitrogen and oxygen atoms in total. The van der Waals surface area contributed by atoms with Crippen molar-refractivity contribution in [2.24, 2.45) is 20.7 Å². The molecule has 3 aliphatic heterocycles. The van der Waals surface area contributed by atoms with Gasteiger partial charge in [-0.1, -0.05) is 0 Å². The SMILES string of the molecule is NC1=NC=NC2C1N=CN2[C@H]1C[C@H](O)[C@@H](COP(=O)(O)OP(=O)(O)OP(=O)(O)O)O1. The molecule has 3 heterocycles. The lowest BCUT2D eigenvalue weighted by atomic mass is 10.1. The number of hydrogen-bond donors (Lipinski definition) is 6. The molecule has 0 bridgehead atoms. The first kappa shape index (κ1) is 23.6. The summed E-state index contributed by atoms with van der Waals surface area (Å²) in [7, 11) is -16.5. The van der Waals surface area contributed by atoms with Crippen molar-refractivity contribution in [2.45, 2.75) is 37.1 Å². The normalized spacial score (nSPS) is 35.0. The van der Waals surface area contributed by atoms with Crippen LogP contribution in [0.15, 0.2) is 15.0 Å². The summed E-state index contributed by atoms with van der Waals surface area (Å²) in [6.07, 6.45) is -0.919. The van der Waals surface area contributed by atoms with E-state index >= 15 is 0 Å². The van der Waals surface area contributed by atoms with E-state index in [9.17, 15) is 23.7 Å². The third kappa shape index (κ3) is 5.79. The number of phosphoric ester groups is 1. The summed E-state index contributed by atoms with van der Waals surface area (Å²) in [6, 6.07) is -0.523. The minimum Gasteiger partial charge on any atom is -0.390 e. The number of aliphatic imine (C=N–C) groups is 3. The van der Waals surface area contributed by atoms with Gasteiger partial charge in [-0.05, 0) is 0 Å². The van der Waals surface area contributed by atoms with Crippen LogP contribution in [0, 0.1) is 0 Å². The van der Waals surface area contributed by atoms with Gasteiger partial charge in [-0.3, -0.25) is 9.52 Å². The molecule has 3 rings (SSSR count). The van der Waals surface area contributed by atoms with Crippen LogP contribution in [0.3, 0.4) is 0 Å². The standard InChI is InChI=1S/C10H18N5O12P3/c11-9-8-10(13-3-12-9)15(4-14-8)7-1-5(16)6(25-7)2-24-29(20,21)27-30(22,23)26-28(17,18)19/h3-8,10,16H,1-2H2,(H,20,21)(H,22,23)(H2,11,12,13)(H2,17,18,19)/t5-,6+,7+,8?,10?/m0/s1. The summed E-state index contributed by atoms with van der Waals surface area (Å²) in [5, 5.41) is 10.1. The molecule has 0 aliphatic carbocycles. The van der Waals surface area contributed by atoms with Gasteiger partial charge in [-0.2, -0.15) is 8.62 Å². The van der Waals surface area contributed by atoms with Gasteiger partial charge in [0.15, 0.2) is 6.17 Å². The molecule has 3 aliphatic rings. The summed E-state index contributed by atoms with van der Waals surface area (Å²) in [5.74, 6) is 0.247. The molecule has 170 valence electrons. The predicted molar refractivity (Wildman–Crippen MR) is 97.1 cm³/mol. The quantitative estimate of drug-likeness (QED) is 0.205. The molecule has 30 heavy (non-hydrogen) atoms. The Bertz CT molecular complexity index is 905. The second kappa shape index (κ2) is 8.47. The molecule has 20 heteroatoms. The third-order valence-electron chi connectivity index (χ3n) is 4.03. The largest absolute Gasteiger partial charge is 0.490 e. The Hall–Kier alpha value is -1.06. The van der Waals surface area contributed by atoms with E-state index in [-0.39, 0.29) is 12.3 Å². The minimum absolute atomic E-state index is 0.0340. The zero-order valence-corrected chi connectivity index (χ0v) is 17.4. The molecular formula is C10H18N5O12P3. The van der Waals surface area contributed by atoms with E-state index in [0.717, 1.165) is 0 Å². The Balaban J connectivity index is 1.56. The first-order valence-corrected chi connectivity index (χ1v) is 12.6. The summed E-state index contributed by atoms with van der Waals surface area (Å²) in [5.41, 5.74) is 5.75. The van der Waals surface area contributed by atoms with Crippen molar-refractivity contribution in [3.8, 4) is 0 Å². The molecule has 1 fully saturated rings. The van der Waals surface area contributed by atoms with Gasteiger partial charge in [0, 0.05) is 6.42 Å². The van der Waals surface area contributed by atoms with E-state index in [2.05, 4.69) is 28.1 Å². The predicted octanol–water partition coefficient (Wildman–Crippen LogP) is -1.76. The lowest BCUT2D eigenvalue weighted by Crippen LogP contribution is -2.47. The van der Waals surface area contributed by atoms with Crippen LogP contribution in [0.25, 0.3) is 0 Å². The highest BCUT2D eigenvalue weighted by molar-refractivity contribution is 7.66. The van der Waals surface area contributed by atoms with E-state index in [4.69, 9.17) is 25.2 Å². The molecule has 0 aromatic carbocycles. The number of ether oxygens (including phenoxy) is 1. The number of aliphatic hydroxyl groups is 1. The minimum atomic E-state index is -5.63.